The highest BCUT2D eigenvalue weighted by molar-refractivity contribution is 6.02. The summed E-state index contributed by atoms with van der Waals surface area (Å²) in [6.07, 6.45) is 2.94. The van der Waals surface area contributed by atoms with Gasteiger partial charge >= 0.3 is 0 Å². The third-order valence-corrected chi connectivity index (χ3v) is 7.30. The molecule has 1 atom stereocenters. The van der Waals surface area contributed by atoms with E-state index in [2.05, 4.69) is 43.9 Å². The number of likely N-dealkylation sites (N-methyl/N-ethyl adjacent to an activating group) is 1. The second kappa shape index (κ2) is 12.5. The first-order valence-electron chi connectivity index (χ1n) is 13.5. The number of hydrogen-bond acceptors (Lipinski definition) is 9. The molecular weight excluding hydrogens is 532 g/mol. The van der Waals surface area contributed by atoms with Crippen LogP contribution in [0, 0.1) is 11.6 Å². The zero-order valence-corrected chi connectivity index (χ0v) is 23.1. The summed E-state index contributed by atoms with van der Waals surface area (Å²) in [5.41, 5.74) is 1.90. The number of anilines is 5. The second-order valence-corrected chi connectivity index (χ2v) is 9.67. The number of hydroxylamine groups is 1. The topological polar surface area (TPSA) is 95.1 Å². The first-order chi connectivity index (χ1) is 19.9. The maximum atomic E-state index is 14.6. The Labute approximate surface area is 237 Å². The Hall–Kier alpha value is -4.29. The quantitative estimate of drug-likeness (QED) is 0.360. The minimum Gasteiger partial charge on any atom is -0.494 e. The van der Waals surface area contributed by atoms with Crippen molar-refractivity contribution in [2.24, 2.45) is 0 Å². The number of ether oxygens (including phenoxy) is 1. The Kier molecular flexibility index (Phi) is 8.60. The summed E-state index contributed by atoms with van der Waals surface area (Å²) in [6, 6.07) is 8.38. The van der Waals surface area contributed by atoms with Gasteiger partial charge in [0.2, 0.25) is 5.91 Å². The van der Waals surface area contributed by atoms with Gasteiger partial charge in [-0.1, -0.05) is 19.6 Å². The number of nitrogens with one attached hydrogen (secondary N) is 2. The van der Waals surface area contributed by atoms with Gasteiger partial charge < -0.3 is 25.2 Å². The molecule has 2 fully saturated rings. The van der Waals surface area contributed by atoms with Gasteiger partial charge in [0.25, 0.3) is 0 Å². The minimum atomic E-state index is -0.693. The predicted molar refractivity (Wildman–Crippen MR) is 154 cm³/mol. The van der Waals surface area contributed by atoms with Crippen LogP contribution in [-0.2, 0) is 9.63 Å². The summed E-state index contributed by atoms with van der Waals surface area (Å²) < 4.78 is 34.9. The molecule has 0 aliphatic carbocycles. The van der Waals surface area contributed by atoms with Crippen molar-refractivity contribution in [1.82, 2.24) is 14.9 Å². The summed E-state index contributed by atoms with van der Waals surface area (Å²) in [7, 11) is 1.57. The average molecular weight is 566 g/mol. The lowest BCUT2D eigenvalue weighted by Gasteiger charge is -2.36. The molecule has 0 radical (unpaired) electrons. The van der Waals surface area contributed by atoms with Crippen molar-refractivity contribution >= 4 is 34.6 Å². The third kappa shape index (κ3) is 6.08. The van der Waals surface area contributed by atoms with E-state index in [0.29, 0.717) is 35.2 Å². The Balaban J connectivity index is 1.44. The molecule has 2 N–H and O–H groups in total. The summed E-state index contributed by atoms with van der Waals surface area (Å²) in [5, 5.41) is 7.55. The zero-order chi connectivity index (χ0) is 28.9. The minimum absolute atomic E-state index is 0.0715. The van der Waals surface area contributed by atoms with Crippen molar-refractivity contribution in [3.63, 3.8) is 0 Å². The van der Waals surface area contributed by atoms with E-state index >= 15 is 0 Å². The Morgan fingerprint density at radius 2 is 1.90 bits per heavy atom. The number of methoxy groups -OCH3 is 1. The van der Waals surface area contributed by atoms with E-state index in [4.69, 9.17) is 9.57 Å². The van der Waals surface area contributed by atoms with Crippen LogP contribution in [0.1, 0.15) is 24.9 Å². The van der Waals surface area contributed by atoms with Crippen molar-refractivity contribution in [2.45, 2.75) is 19.4 Å². The fourth-order valence-electron chi connectivity index (χ4n) is 5.15. The van der Waals surface area contributed by atoms with Gasteiger partial charge in [0.1, 0.15) is 29.5 Å². The van der Waals surface area contributed by atoms with Crippen LogP contribution in [-0.4, -0.2) is 67.2 Å². The number of carbonyl (C=O) groups is 1. The molecule has 3 heterocycles. The van der Waals surface area contributed by atoms with Crippen LogP contribution in [0.4, 0.5) is 37.5 Å². The molecule has 10 nitrogen and oxygen atoms in total. The molecule has 1 aromatic heterocycles. The Morgan fingerprint density at radius 3 is 2.59 bits per heavy atom. The number of aromatic nitrogens is 2. The first-order valence-corrected chi connectivity index (χ1v) is 13.5. The molecule has 12 heteroatoms. The van der Waals surface area contributed by atoms with Crippen molar-refractivity contribution in [3.8, 4) is 5.75 Å². The maximum absolute atomic E-state index is 14.6. The molecule has 41 heavy (non-hydrogen) atoms. The van der Waals surface area contributed by atoms with Crippen molar-refractivity contribution in [1.29, 1.82) is 0 Å². The fourth-order valence-corrected chi connectivity index (χ4v) is 5.15. The van der Waals surface area contributed by atoms with Crippen LogP contribution >= 0.6 is 0 Å². The number of amides is 1. The number of carbonyl (C=O) groups excluding carboxylic acids is 1. The number of rotatable bonds is 9. The Bertz CT molecular complexity index is 1390. The first kappa shape index (κ1) is 28.2. The molecule has 0 unspecified atom stereocenters. The predicted octanol–water partition coefficient (Wildman–Crippen LogP) is 4.66. The molecule has 2 saturated heterocycles. The normalized spacial score (nSPS) is 17.4. The van der Waals surface area contributed by atoms with Crippen LogP contribution in [0.25, 0.3) is 0 Å². The summed E-state index contributed by atoms with van der Waals surface area (Å²) in [4.78, 5) is 31.3. The average Bonchev–Trinajstić information content (AvgIpc) is 3.47. The lowest BCUT2D eigenvalue weighted by molar-refractivity contribution is -0.111. The van der Waals surface area contributed by atoms with Gasteiger partial charge in [0, 0.05) is 50.3 Å². The molecule has 216 valence electrons. The molecule has 0 saturated carbocycles. The van der Waals surface area contributed by atoms with Crippen LogP contribution < -0.4 is 25.3 Å². The van der Waals surface area contributed by atoms with Crippen LogP contribution in [0.2, 0.25) is 0 Å². The lowest BCUT2D eigenvalue weighted by Crippen LogP contribution is -2.46. The molecule has 0 spiro atoms. The van der Waals surface area contributed by atoms with E-state index in [9.17, 15) is 13.6 Å². The molecule has 0 bridgehead atoms. The van der Waals surface area contributed by atoms with E-state index in [1.165, 1.54) is 35.7 Å². The van der Waals surface area contributed by atoms with Gasteiger partial charge in [-0.3, -0.25) is 9.63 Å². The monoisotopic (exact) mass is 565 g/mol. The summed E-state index contributed by atoms with van der Waals surface area (Å²) in [6.45, 7) is 10.4. The highest BCUT2D eigenvalue weighted by Gasteiger charge is 2.33. The van der Waals surface area contributed by atoms with Crippen LogP contribution in [0.15, 0.2) is 55.4 Å². The van der Waals surface area contributed by atoms with Crippen molar-refractivity contribution in [2.75, 3.05) is 67.0 Å². The van der Waals surface area contributed by atoms with E-state index in [1.54, 1.807) is 19.2 Å². The fraction of sp³-hybridized carbons (Fsp3) is 0.345. The number of hydrogen-bond donors (Lipinski definition) is 2. The molecule has 2 aliphatic rings. The largest absolute Gasteiger partial charge is 0.494 e. The number of piperazine rings is 1. The SMILES string of the molecule is C=CC(=O)Nc1cc(Nc2cc(N3OCC[C@H]3c3c(F)cccc3F)ncn2)c(OC)cc1N1CCN(CC)CC1. The van der Waals surface area contributed by atoms with Gasteiger partial charge in [-0.15, -0.1) is 0 Å². The third-order valence-electron chi connectivity index (χ3n) is 7.30. The Morgan fingerprint density at radius 1 is 1.15 bits per heavy atom. The van der Waals surface area contributed by atoms with Crippen LogP contribution in [0.3, 0.4) is 0 Å². The molecule has 1 amide bonds. The lowest BCUT2D eigenvalue weighted by atomic mass is 10.0. The molecule has 5 rings (SSSR count). The molecular formula is C29H33F2N7O3. The van der Waals surface area contributed by atoms with E-state index in [-0.39, 0.29) is 18.1 Å². The van der Waals surface area contributed by atoms with Gasteiger partial charge in [-0.2, -0.15) is 0 Å². The molecule has 2 aliphatic heterocycles. The van der Waals surface area contributed by atoms with Gasteiger partial charge in [0.15, 0.2) is 5.82 Å². The number of halogens is 2. The van der Waals surface area contributed by atoms with E-state index in [1.807, 2.05) is 6.07 Å². The number of benzene rings is 2. The van der Waals surface area contributed by atoms with Gasteiger partial charge in [-0.25, -0.2) is 23.8 Å². The second-order valence-electron chi connectivity index (χ2n) is 9.67. The van der Waals surface area contributed by atoms with Crippen molar-refractivity contribution in [3.05, 3.63) is 72.6 Å². The highest BCUT2D eigenvalue weighted by Crippen LogP contribution is 2.40. The molecule has 2 aromatic carbocycles. The van der Waals surface area contributed by atoms with Gasteiger partial charge in [0.05, 0.1) is 36.8 Å². The van der Waals surface area contributed by atoms with Crippen LogP contribution in [0.5, 0.6) is 5.75 Å². The zero-order valence-electron chi connectivity index (χ0n) is 23.1. The molecule has 3 aromatic rings. The number of nitrogens with zero attached hydrogens (tertiary/aromatic N) is 5. The van der Waals surface area contributed by atoms with Gasteiger partial charge in [-0.05, 0) is 30.8 Å². The van der Waals surface area contributed by atoms with E-state index < -0.39 is 17.7 Å². The summed E-state index contributed by atoms with van der Waals surface area (Å²) >= 11 is 0. The maximum Gasteiger partial charge on any atom is 0.247 e. The standard InChI is InChI=1S/C29H33F2N7O3/c1-4-28(39)35-21-15-22(25(40-3)16-24(21)37-12-10-36(5-2)11-13-37)34-26-17-27(33-18-32-26)38-23(9-14-41-38)29-19(30)7-6-8-20(29)31/h4,6-8,15-18,23H,1,5,9-14H2,2-3H3,(H,35,39)(H,32,33,34)/t23-/m0/s1. The van der Waals surface area contributed by atoms with Crippen molar-refractivity contribution < 1.29 is 23.1 Å². The van der Waals surface area contributed by atoms with E-state index in [0.717, 1.165) is 38.4 Å². The summed E-state index contributed by atoms with van der Waals surface area (Å²) in [5.74, 6) is -0.366. The highest BCUT2D eigenvalue weighted by atomic mass is 19.1. The smallest absolute Gasteiger partial charge is 0.247 e.